The SMILES string of the molecule is NC(=O)C(S)(c1ccccc1)c1ccc(S)nn1. The van der Waals surface area contributed by atoms with Crippen molar-refractivity contribution in [1.82, 2.24) is 10.2 Å². The summed E-state index contributed by atoms with van der Waals surface area (Å²) in [5.74, 6) is -0.599. The number of rotatable bonds is 3. The highest BCUT2D eigenvalue weighted by Crippen LogP contribution is 2.34. The van der Waals surface area contributed by atoms with Crippen LogP contribution in [0.5, 0.6) is 0 Å². The fourth-order valence-corrected chi connectivity index (χ4v) is 2.00. The number of nitrogens with two attached hydrogens (primary N) is 1. The highest BCUT2D eigenvalue weighted by atomic mass is 32.1. The van der Waals surface area contributed by atoms with E-state index in [1.54, 1.807) is 24.3 Å². The number of thiol groups is 2. The third-order valence-corrected chi connectivity index (χ3v) is 3.52. The van der Waals surface area contributed by atoms with Gasteiger partial charge < -0.3 is 5.73 Å². The Morgan fingerprint density at radius 2 is 1.78 bits per heavy atom. The summed E-state index contributed by atoms with van der Waals surface area (Å²) in [6.45, 7) is 0. The molecule has 4 nitrogen and oxygen atoms in total. The number of nitrogens with zero attached hydrogens (tertiary/aromatic N) is 2. The van der Waals surface area contributed by atoms with Crippen LogP contribution in [-0.4, -0.2) is 16.1 Å². The minimum absolute atomic E-state index is 0.377. The third kappa shape index (κ3) is 2.21. The van der Waals surface area contributed by atoms with E-state index in [0.29, 0.717) is 16.3 Å². The van der Waals surface area contributed by atoms with Crippen LogP contribution in [0.2, 0.25) is 0 Å². The maximum atomic E-state index is 11.8. The van der Waals surface area contributed by atoms with E-state index in [0.717, 1.165) is 0 Å². The fourth-order valence-electron chi connectivity index (χ4n) is 1.61. The number of amides is 1. The van der Waals surface area contributed by atoms with Crippen LogP contribution in [0.1, 0.15) is 11.3 Å². The summed E-state index contributed by atoms with van der Waals surface area (Å²) >= 11 is 8.48. The Morgan fingerprint density at radius 3 is 2.28 bits per heavy atom. The van der Waals surface area contributed by atoms with Gasteiger partial charge in [0.25, 0.3) is 0 Å². The Balaban J connectivity index is 2.58. The molecule has 0 aliphatic rings. The largest absolute Gasteiger partial charge is 0.368 e. The fraction of sp³-hybridized carbons (Fsp3) is 0.0833. The summed E-state index contributed by atoms with van der Waals surface area (Å²) in [7, 11) is 0. The molecule has 2 rings (SSSR count). The molecule has 2 aromatic rings. The summed E-state index contributed by atoms with van der Waals surface area (Å²) in [5, 5.41) is 8.22. The molecule has 0 fully saturated rings. The summed E-state index contributed by atoms with van der Waals surface area (Å²) in [6.07, 6.45) is 0. The van der Waals surface area contributed by atoms with E-state index in [9.17, 15) is 4.79 Å². The molecule has 0 saturated carbocycles. The molecule has 1 amide bonds. The van der Waals surface area contributed by atoms with E-state index in [-0.39, 0.29) is 0 Å². The molecule has 1 atom stereocenters. The molecule has 6 heteroatoms. The van der Waals surface area contributed by atoms with Crippen molar-refractivity contribution >= 4 is 31.2 Å². The van der Waals surface area contributed by atoms with Gasteiger partial charge in [-0.25, -0.2) is 0 Å². The average molecular weight is 277 g/mol. The Bertz CT molecular complexity index is 559. The monoisotopic (exact) mass is 277 g/mol. The number of aromatic nitrogens is 2. The van der Waals surface area contributed by atoms with E-state index in [1.807, 2.05) is 18.2 Å². The Hall–Kier alpha value is -1.53. The standard InChI is InChI=1S/C12H11N3OS2/c13-11(16)12(18,8-4-2-1-3-5-8)9-6-7-10(17)15-14-9/h1-7,18H,(H2,13,16)(H,15,17). The van der Waals surface area contributed by atoms with Gasteiger partial charge >= 0.3 is 0 Å². The molecular formula is C12H11N3OS2. The van der Waals surface area contributed by atoms with Crippen LogP contribution in [0.3, 0.4) is 0 Å². The lowest BCUT2D eigenvalue weighted by Crippen LogP contribution is -2.38. The molecule has 2 N–H and O–H groups in total. The lowest BCUT2D eigenvalue weighted by Gasteiger charge is -2.24. The number of hydrogen-bond acceptors (Lipinski definition) is 5. The van der Waals surface area contributed by atoms with Gasteiger partial charge in [-0.1, -0.05) is 30.3 Å². The van der Waals surface area contributed by atoms with Gasteiger partial charge in [-0.15, -0.1) is 17.7 Å². The quantitative estimate of drug-likeness (QED) is 0.743. The molecule has 92 valence electrons. The average Bonchev–Trinajstić information content (AvgIpc) is 2.39. The van der Waals surface area contributed by atoms with Gasteiger partial charge in [-0.3, -0.25) is 4.79 Å². The van der Waals surface area contributed by atoms with Crippen molar-refractivity contribution < 1.29 is 4.79 Å². The maximum Gasteiger partial charge on any atom is 0.244 e. The number of carbonyl (C=O) groups excluding carboxylic acids is 1. The van der Waals surface area contributed by atoms with E-state index in [4.69, 9.17) is 5.73 Å². The molecule has 0 aliphatic heterocycles. The summed E-state index contributed by atoms with van der Waals surface area (Å²) < 4.78 is -1.30. The number of hydrogen-bond donors (Lipinski definition) is 3. The first-order valence-electron chi connectivity index (χ1n) is 5.16. The van der Waals surface area contributed by atoms with Gasteiger partial charge in [-0.2, -0.15) is 17.7 Å². The molecule has 1 unspecified atom stereocenters. The molecule has 0 bridgehead atoms. The van der Waals surface area contributed by atoms with Gasteiger partial charge in [0, 0.05) is 0 Å². The Kier molecular flexibility index (Phi) is 3.58. The molecule has 0 saturated heterocycles. The van der Waals surface area contributed by atoms with Crippen LogP contribution in [-0.2, 0) is 9.54 Å². The number of primary amides is 1. The normalized spacial score (nSPS) is 13.9. The van der Waals surface area contributed by atoms with Crippen LogP contribution in [0.15, 0.2) is 47.5 Å². The first-order chi connectivity index (χ1) is 8.55. The molecular weight excluding hydrogens is 266 g/mol. The molecule has 1 heterocycles. The number of benzene rings is 1. The lowest BCUT2D eigenvalue weighted by atomic mass is 9.93. The smallest absolute Gasteiger partial charge is 0.244 e. The van der Waals surface area contributed by atoms with Gasteiger partial charge in [-0.05, 0) is 17.7 Å². The third-order valence-electron chi connectivity index (χ3n) is 2.57. The highest BCUT2D eigenvalue weighted by Gasteiger charge is 2.38. The second kappa shape index (κ2) is 4.99. The Morgan fingerprint density at radius 1 is 1.11 bits per heavy atom. The minimum atomic E-state index is -1.30. The van der Waals surface area contributed by atoms with E-state index < -0.39 is 10.7 Å². The summed E-state index contributed by atoms with van der Waals surface area (Å²) in [4.78, 5) is 11.8. The van der Waals surface area contributed by atoms with E-state index in [2.05, 4.69) is 35.5 Å². The summed E-state index contributed by atoms with van der Waals surface area (Å²) in [6, 6.07) is 12.3. The van der Waals surface area contributed by atoms with E-state index >= 15 is 0 Å². The van der Waals surface area contributed by atoms with E-state index in [1.165, 1.54) is 0 Å². The second-order valence-electron chi connectivity index (χ2n) is 3.72. The van der Waals surface area contributed by atoms with Crippen LogP contribution in [0.4, 0.5) is 0 Å². The first kappa shape index (κ1) is 12.9. The van der Waals surface area contributed by atoms with Crippen molar-refractivity contribution in [2.75, 3.05) is 0 Å². The minimum Gasteiger partial charge on any atom is -0.368 e. The zero-order valence-corrected chi connectivity index (χ0v) is 11.1. The van der Waals surface area contributed by atoms with Crippen LogP contribution >= 0.6 is 25.3 Å². The van der Waals surface area contributed by atoms with Crippen LogP contribution < -0.4 is 5.73 Å². The van der Waals surface area contributed by atoms with Crippen molar-refractivity contribution in [1.29, 1.82) is 0 Å². The van der Waals surface area contributed by atoms with Gasteiger partial charge in [0.2, 0.25) is 5.91 Å². The van der Waals surface area contributed by atoms with Crippen molar-refractivity contribution in [3.8, 4) is 0 Å². The molecule has 0 radical (unpaired) electrons. The van der Waals surface area contributed by atoms with Crippen molar-refractivity contribution in [2.45, 2.75) is 9.77 Å². The van der Waals surface area contributed by atoms with Gasteiger partial charge in [0.05, 0.1) is 5.69 Å². The second-order valence-corrected chi connectivity index (χ2v) is 4.85. The highest BCUT2D eigenvalue weighted by molar-refractivity contribution is 7.82. The van der Waals surface area contributed by atoms with Gasteiger partial charge in [0.15, 0.2) is 4.75 Å². The Labute approximate surface area is 115 Å². The topological polar surface area (TPSA) is 68.9 Å². The maximum absolute atomic E-state index is 11.8. The van der Waals surface area contributed by atoms with Crippen LogP contribution in [0, 0.1) is 0 Å². The van der Waals surface area contributed by atoms with Gasteiger partial charge in [0.1, 0.15) is 5.03 Å². The zero-order chi connectivity index (χ0) is 13.2. The molecule has 0 aliphatic carbocycles. The van der Waals surface area contributed by atoms with Crippen molar-refractivity contribution in [3.05, 3.63) is 53.7 Å². The van der Waals surface area contributed by atoms with Crippen LogP contribution in [0.25, 0.3) is 0 Å². The van der Waals surface area contributed by atoms with Crippen molar-refractivity contribution in [2.24, 2.45) is 5.73 Å². The molecule has 18 heavy (non-hydrogen) atoms. The molecule has 0 spiro atoms. The predicted octanol–water partition coefficient (Wildman–Crippen LogP) is 1.42. The predicted molar refractivity (Wildman–Crippen MR) is 74.7 cm³/mol. The zero-order valence-electron chi connectivity index (χ0n) is 9.32. The first-order valence-corrected chi connectivity index (χ1v) is 6.05. The number of carbonyl (C=O) groups is 1. The van der Waals surface area contributed by atoms with Crippen molar-refractivity contribution in [3.63, 3.8) is 0 Å². The molecule has 1 aromatic carbocycles. The summed E-state index contributed by atoms with van der Waals surface area (Å²) in [5.41, 5.74) is 6.50. The molecule has 1 aromatic heterocycles. The lowest BCUT2D eigenvalue weighted by molar-refractivity contribution is -0.119.